The van der Waals surface area contributed by atoms with Crippen LogP contribution in [0.4, 0.5) is 20.2 Å². The number of benzene rings is 2. The van der Waals surface area contributed by atoms with E-state index in [1.54, 1.807) is 6.07 Å². The first-order valence-corrected chi connectivity index (χ1v) is 8.68. The topological polar surface area (TPSA) is 65.4 Å². The van der Waals surface area contributed by atoms with Crippen LogP contribution in [0.1, 0.15) is 5.56 Å². The van der Waals surface area contributed by atoms with E-state index in [4.69, 9.17) is 0 Å². The van der Waals surface area contributed by atoms with Crippen LogP contribution >= 0.6 is 0 Å². The molecule has 0 unspecified atom stereocenters. The summed E-state index contributed by atoms with van der Waals surface area (Å²) < 4.78 is 26.7. The molecule has 1 N–H and O–H groups in total. The predicted molar refractivity (Wildman–Crippen MR) is 98.8 cm³/mol. The summed E-state index contributed by atoms with van der Waals surface area (Å²) in [6.45, 7) is 3.39. The van der Waals surface area contributed by atoms with Crippen LogP contribution in [0.25, 0.3) is 10.9 Å². The normalized spacial score (nSPS) is 15.4. The van der Waals surface area contributed by atoms with Gasteiger partial charge in [0.05, 0.1) is 11.0 Å². The van der Waals surface area contributed by atoms with E-state index in [1.807, 2.05) is 11.1 Å². The molecule has 1 saturated heterocycles. The summed E-state index contributed by atoms with van der Waals surface area (Å²) in [4.78, 5) is 17.9. The van der Waals surface area contributed by atoms with Gasteiger partial charge in [0.2, 0.25) is 0 Å². The van der Waals surface area contributed by atoms with E-state index >= 15 is 0 Å². The number of nitrogens with zero attached hydrogens (tertiary/aromatic N) is 3. The molecule has 1 fully saturated rings. The third kappa shape index (κ3) is 3.48. The first kappa shape index (κ1) is 17.4. The van der Waals surface area contributed by atoms with Crippen molar-refractivity contribution in [2.75, 3.05) is 31.1 Å². The minimum Gasteiger partial charge on any atom is -0.363 e. The maximum absolute atomic E-state index is 13.3. The van der Waals surface area contributed by atoms with Gasteiger partial charge in [0.1, 0.15) is 17.3 Å². The molecule has 0 amide bonds. The molecule has 0 atom stereocenters. The minimum atomic E-state index is -0.611. The van der Waals surface area contributed by atoms with Crippen LogP contribution in [-0.4, -0.2) is 41.0 Å². The predicted octanol–water partition coefficient (Wildman–Crippen LogP) is 3.68. The quantitative estimate of drug-likeness (QED) is 0.561. The number of nitro groups is 1. The van der Waals surface area contributed by atoms with Gasteiger partial charge in [-0.05, 0) is 35.9 Å². The lowest BCUT2D eigenvalue weighted by atomic mass is 10.1. The lowest BCUT2D eigenvalue weighted by molar-refractivity contribution is -0.384. The van der Waals surface area contributed by atoms with Crippen molar-refractivity contribution < 1.29 is 13.7 Å². The number of H-pyrrole nitrogens is 1. The number of nitro benzene ring substituents is 1. The van der Waals surface area contributed by atoms with Crippen LogP contribution in [0.5, 0.6) is 0 Å². The molecule has 27 heavy (non-hydrogen) atoms. The van der Waals surface area contributed by atoms with E-state index in [9.17, 15) is 18.9 Å². The molecule has 0 aliphatic carbocycles. The molecular formula is C19H18F2N4O2. The number of hydrogen-bond donors (Lipinski definition) is 1. The molecule has 2 aromatic carbocycles. The van der Waals surface area contributed by atoms with Crippen LogP contribution in [0.2, 0.25) is 0 Å². The lowest BCUT2D eigenvalue weighted by Crippen LogP contribution is -2.46. The van der Waals surface area contributed by atoms with Crippen LogP contribution in [0.3, 0.4) is 0 Å². The Morgan fingerprint density at radius 2 is 1.74 bits per heavy atom. The highest BCUT2D eigenvalue weighted by atomic mass is 19.1. The number of rotatable bonds is 4. The molecule has 1 aliphatic rings. The van der Waals surface area contributed by atoms with E-state index in [-0.39, 0.29) is 11.5 Å². The van der Waals surface area contributed by atoms with Gasteiger partial charge in [-0.3, -0.25) is 15.0 Å². The summed E-state index contributed by atoms with van der Waals surface area (Å²) in [5, 5.41) is 12.2. The monoisotopic (exact) mass is 372 g/mol. The molecule has 1 aliphatic heterocycles. The molecule has 4 rings (SSSR count). The van der Waals surface area contributed by atoms with E-state index in [1.165, 1.54) is 24.3 Å². The number of hydrogen-bond acceptors (Lipinski definition) is 4. The van der Waals surface area contributed by atoms with E-state index < -0.39 is 10.7 Å². The van der Waals surface area contributed by atoms with Gasteiger partial charge in [-0.15, -0.1) is 0 Å². The van der Waals surface area contributed by atoms with E-state index in [0.717, 1.165) is 35.6 Å². The van der Waals surface area contributed by atoms with Crippen molar-refractivity contribution >= 4 is 22.3 Å². The number of fused-ring (bicyclic) bond motifs is 1. The highest BCUT2D eigenvalue weighted by Crippen LogP contribution is 2.30. The van der Waals surface area contributed by atoms with Gasteiger partial charge in [0.25, 0.3) is 5.69 Å². The average Bonchev–Trinajstić information content (AvgIpc) is 3.04. The summed E-state index contributed by atoms with van der Waals surface area (Å²) in [7, 11) is 0. The Labute approximate surface area is 154 Å². The maximum atomic E-state index is 13.3. The van der Waals surface area contributed by atoms with Crippen molar-refractivity contribution in [2.24, 2.45) is 0 Å². The Morgan fingerprint density at radius 1 is 1.04 bits per heavy atom. The zero-order valence-corrected chi connectivity index (χ0v) is 14.5. The first-order valence-electron chi connectivity index (χ1n) is 8.68. The van der Waals surface area contributed by atoms with Crippen molar-refractivity contribution in [1.29, 1.82) is 0 Å². The van der Waals surface area contributed by atoms with Gasteiger partial charge in [-0.2, -0.15) is 0 Å². The average molecular weight is 372 g/mol. The second-order valence-corrected chi connectivity index (χ2v) is 6.66. The number of nitrogens with one attached hydrogen (secondary N) is 1. The van der Waals surface area contributed by atoms with Crippen molar-refractivity contribution in [1.82, 2.24) is 9.88 Å². The number of halogens is 2. The second kappa shape index (κ2) is 6.96. The van der Waals surface area contributed by atoms with Gasteiger partial charge >= 0.3 is 0 Å². The largest absolute Gasteiger partial charge is 0.363 e. The molecule has 0 spiro atoms. The maximum Gasteiger partial charge on any atom is 0.295 e. The zero-order valence-electron chi connectivity index (χ0n) is 14.5. The van der Waals surface area contributed by atoms with Gasteiger partial charge in [-0.25, -0.2) is 8.78 Å². The van der Waals surface area contributed by atoms with E-state index in [2.05, 4.69) is 9.88 Å². The smallest absolute Gasteiger partial charge is 0.295 e. The Kier molecular flexibility index (Phi) is 4.49. The Morgan fingerprint density at radius 3 is 2.48 bits per heavy atom. The molecule has 2 heterocycles. The molecule has 0 bridgehead atoms. The highest BCUT2D eigenvalue weighted by molar-refractivity contribution is 5.83. The Hall–Kier alpha value is -3.00. The molecule has 0 radical (unpaired) electrons. The van der Waals surface area contributed by atoms with Crippen molar-refractivity contribution in [2.45, 2.75) is 6.54 Å². The third-order valence-electron chi connectivity index (χ3n) is 4.97. The summed E-state index contributed by atoms with van der Waals surface area (Å²) >= 11 is 0. The molecule has 1 aromatic heterocycles. The third-order valence-corrected chi connectivity index (χ3v) is 4.97. The second-order valence-electron chi connectivity index (χ2n) is 6.66. The minimum absolute atomic E-state index is 0.206. The van der Waals surface area contributed by atoms with Gasteiger partial charge in [-0.1, -0.05) is 0 Å². The fourth-order valence-corrected chi connectivity index (χ4v) is 3.59. The molecule has 0 saturated carbocycles. The lowest BCUT2D eigenvalue weighted by Gasteiger charge is -2.35. The van der Waals surface area contributed by atoms with Gasteiger partial charge in [0, 0.05) is 49.8 Å². The van der Waals surface area contributed by atoms with Gasteiger partial charge in [0.15, 0.2) is 0 Å². The van der Waals surface area contributed by atoms with Crippen molar-refractivity contribution in [3.8, 4) is 0 Å². The molecule has 3 aromatic rings. The summed E-state index contributed by atoms with van der Waals surface area (Å²) in [6.07, 6.45) is 1.89. The fraction of sp³-hybridized carbons (Fsp3) is 0.263. The summed E-state index contributed by atoms with van der Waals surface area (Å²) in [6, 6.07) is 8.38. The number of aromatic amines is 1. The van der Waals surface area contributed by atoms with Crippen molar-refractivity contribution in [3.05, 3.63) is 69.9 Å². The molecule has 140 valence electrons. The van der Waals surface area contributed by atoms with Crippen LogP contribution in [0, 0.1) is 21.7 Å². The molecule has 8 heteroatoms. The first-order chi connectivity index (χ1) is 13.0. The number of aromatic nitrogens is 1. The Bertz CT molecular complexity index is 997. The van der Waals surface area contributed by atoms with Crippen molar-refractivity contribution in [3.63, 3.8) is 0 Å². The highest BCUT2D eigenvalue weighted by Gasteiger charge is 2.24. The number of anilines is 1. The molecular weight excluding hydrogens is 354 g/mol. The van der Waals surface area contributed by atoms with E-state index in [0.29, 0.717) is 25.3 Å². The fourth-order valence-electron chi connectivity index (χ4n) is 3.59. The zero-order chi connectivity index (χ0) is 19.0. The van der Waals surface area contributed by atoms with Crippen LogP contribution < -0.4 is 4.90 Å². The Balaban J connectivity index is 1.45. The summed E-state index contributed by atoms with van der Waals surface area (Å²) in [5.41, 5.74) is 2.10. The standard InChI is InChI=1S/C19H18F2N4O2/c20-14-1-3-16-13(11-22-17(16)9-14)12-23-5-7-24(8-6-23)18-4-2-15(21)10-19(18)25(26)27/h1-4,9-11,22H,5-8,12H2. The molecule has 6 nitrogen and oxygen atoms in total. The van der Waals surface area contributed by atoms with Crippen LogP contribution in [0.15, 0.2) is 42.6 Å². The van der Waals surface area contributed by atoms with Gasteiger partial charge < -0.3 is 9.88 Å². The summed E-state index contributed by atoms with van der Waals surface area (Å²) in [5.74, 6) is -0.884. The van der Waals surface area contributed by atoms with Crippen LogP contribution in [-0.2, 0) is 6.54 Å². The SMILES string of the molecule is O=[N+]([O-])c1cc(F)ccc1N1CCN(Cc2c[nH]c3cc(F)ccc23)CC1. The number of piperazine rings is 1.